The molecule has 7 heteroatoms. The monoisotopic (exact) mass is 476 g/mol. The van der Waals surface area contributed by atoms with E-state index in [1.165, 1.54) is 11.1 Å². The van der Waals surface area contributed by atoms with Crippen molar-refractivity contribution in [2.75, 3.05) is 31.1 Å². The first-order valence-electron chi connectivity index (χ1n) is 11.3. The van der Waals surface area contributed by atoms with E-state index in [2.05, 4.69) is 52.0 Å². The van der Waals surface area contributed by atoms with Gasteiger partial charge in [-0.1, -0.05) is 47.5 Å². The third-order valence-corrected chi connectivity index (χ3v) is 6.72. The predicted molar refractivity (Wildman–Crippen MR) is 134 cm³/mol. The smallest absolute Gasteiger partial charge is 0.101 e. The summed E-state index contributed by atoms with van der Waals surface area (Å²) in [5, 5.41) is 30.3. The van der Waals surface area contributed by atoms with E-state index in [4.69, 9.17) is 11.6 Å². The van der Waals surface area contributed by atoms with Crippen LogP contribution in [0.1, 0.15) is 40.9 Å². The zero-order chi connectivity index (χ0) is 24.3. The van der Waals surface area contributed by atoms with Crippen LogP contribution in [0.2, 0.25) is 5.02 Å². The van der Waals surface area contributed by atoms with Crippen LogP contribution in [0.4, 0.5) is 5.69 Å². The van der Waals surface area contributed by atoms with Gasteiger partial charge in [-0.05, 0) is 43.7 Å². The zero-order valence-electron chi connectivity index (χ0n) is 19.4. The average molecular weight is 477 g/mol. The highest BCUT2D eigenvalue weighted by molar-refractivity contribution is 6.33. The van der Waals surface area contributed by atoms with Gasteiger partial charge in [0, 0.05) is 37.9 Å². The molecule has 2 heterocycles. The Bertz CT molecular complexity index is 1190. The fourth-order valence-electron chi connectivity index (χ4n) is 4.61. The molecular formula is C27H29ClN4O2. The van der Waals surface area contributed by atoms with Crippen molar-refractivity contribution >= 4 is 17.3 Å². The summed E-state index contributed by atoms with van der Waals surface area (Å²) >= 11 is 6.60. The number of aromatic nitrogens is 1. The van der Waals surface area contributed by atoms with Gasteiger partial charge in [0.25, 0.3) is 0 Å². The van der Waals surface area contributed by atoms with Gasteiger partial charge in [-0.25, -0.2) is 0 Å². The Hall–Kier alpha value is -2.95. The largest absolute Gasteiger partial charge is 0.390 e. The molecule has 2 atom stereocenters. The molecule has 2 aromatic carbocycles. The van der Waals surface area contributed by atoms with Crippen molar-refractivity contribution in [3.63, 3.8) is 0 Å². The number of pyridine rings is 1. The number of benzene rings is 2. The highest BCUT2D eigenvalue weighted by Gasteiger charge is 2.34. The zero-order valence-corrected chi connectivity index (χ0v) is 20.2. The SMILES string of the molecule is Cc1cccc([C@@H]2CN(C[C@@](C)(O)c3ccc(CO)nc3)CCN2c2ccc(C#N)cc2Cl)c1. The average Bonchev–Trinajstić information content (AvgIpc) is 2.84. The van der Waals surface area contributed by atoms with E-state index in [0.717, 1.165) is 24.3 Å². The van der Waals surface area contributed by atoms with Crippen LogP contribution in [-0.4, -0.2) is 46.3 Å². The van der Waals surface area contributed by atoms with Crippen LogP contribution in [0.25, 0.3) is 0 Å². The van der Waals surface area contributed by atoms with Crippen molar-refractivity contribution in [1.29, 1.82) is 5.26 Å². The summed E-state index contributed by atoms with van der Waals surface area (Å²) in [6.45, 7) is 6.38. The highest BCUT2D eigenvalue weighted by atomic mass is 35.5. The molecule has 1 aromatic heterocycles. The fraction of sp³-hybridized carbons (Fsp3) is 0.333. The van der Waals surface area contributed by atoms with Gasteiger partial charge in [0.05, 0.1) is 40.7 Å². The van der Waals surface area contributed by atoms with Crippen molar-refractivity contribution in [2.24, 2.45) is 0 Å². The molecule has 2 N–H and O–H groups in total. The van der Waals surface area contributed by atoms with Crippen molar-refractivity contribution in [1.82, 2.24) is 9.88 Å². The number of piperazine rings is 1. The Balaban J connectivity index is 1.61. The number of rotatable bonds is 6. The number of aliphatic hydroxyl groups is 2. The standard InChI is InChI=1S/C27H29ClN4O2/c1-19-4-3-5-21(12-19)26-16-31(18-27(2,34)22-7-8-23(17-33)30-15-22)10-11-32(26)25-9-6-20(14-29)13-24(25)28/h3-9,12-13,15,26,33-34H,10-11,16-18H2,1-2H3/t26-,27+/m0/s1. The van der Waals surface area contributed by atoms with Gasteiger partial charge in [-0.15, -0.1) is 0 Å². The van der Waals surface area contributed by atoms with Crippen LogP contribution in [0, 0.1) is 18.3 Å². The minimum absolute atomic E-state index is 0.0322. The van der Waals surface area contributed by atoms with Crippen LogP contribution in [0.5, 0.6) is 0 Å². The first-order valence-corrected chi connectivity index (χ1v) is 11.7. The molecular weight excluding hydrogens is 448 g/mol. The number of nitrogens with zero attached hydrogens (tertiary/aromatic N) is 4. The van der Waals surface area contributed by atoms with Crippen molar-refractivity contribution in [3.8, 4) is 6.07 Å². The van der Waals surface area contributed by atoms with E-state index in [-0.39, 0.29) is 12.6 Å². The molecule has 0 saturated carbocycles. The molecule has 0 aliphatic carbocycles. The first-order chi connectivity index (χ1) is 16.3. The van der Waals surface area contributed by atoms with Gasteiger partial charge < -0.3 is 15.1 Å². The minimum atomic E-state index is -1.09. The second kappa shape index (κ2) is 10.1. The third-order valence-electron chi connectivity index (χ3n) is 6.42. The molecule has 0 radical (unpaired) electrons. The molecule has 0 amide bonds. The minimum Gasteiger partial charge on any atom is -0.390 e. The summed E-state index contributed by atoms with van der Waals surface area (Å²) in [5.74, 6) is 0. The van der Waals surface area contributed by atoms with E-state index in [0.29, 0.717) is 29.4 Å². The Kier molecular flexibility index (Phi) is 7.20. The topological polar surface area (TPSA) is 83.6 Å². The van der Waals surface area contributed by atoms with Gasteiger partial charge in [-0.3, -0.25) is 9.88 Å². The van der Waals surface area contributed by atoms with Crippen LogP contribution in [-0.2, 0) is 12.2 Å². The van der Waals surface area contributed by atoms with E-state index < -0.39 is 5.60 Å². The lowest BCUT2D eigenvalue weighted by atomic mass is 9.94. The number of anilines is 1. The van der Waals surface area contributed by atoms with Crippen LogP contribution in [0.15, 0.2) is 60.8 Å². The molecule has 1 saturated heterocycles. The van der Waals surface area contributed by atoms with E-state index in [1.807, 2.05) is 12.1 Å². The molecule has 34 heavy (non-hydrogen) atoms. The summed E-state index contributed by atoms with van der Waals surface area (Å²) in [6.07, 6.45) is 1.64. The molecule has 0 unspecified atom stereocenters. The van der Waals surface area contributed by atoms with Crippen LogP contribution in [0.3, 0.4) is 0 Å². The number of hydrogen-bond donors (Lipinski definition) is 2. The second-order valence-corrected chi connectivity index (χ2v) is 9.51. The van der Waals surface area contributed by atoms with Crippen molar-refractivity contribution in [2.45, 2.75) is 32.1 Å². The fourth-order valence-corrected chi connectivity index (χ4v) is 4.90. The highest BCUT2D eigenvalue weighted by Crippen LogP contribution is 2.36. The van der Waals surface area contributed by atoms with E-state index in [9.17, 15) is 15.5 Å². The number of halogens is 1. The van der Waals surface area contributed by atoms with Gasteiger partial charge in [0.1, 0.15) is 5.60 Å². The van der Waals surface area contributed by atoms with Crippen LogP contribution < -0.4 is 4.90 Å². The van der Waals surface area contributed by atoms with Gasteiger partial charge >= 0.3 is 0 Å². The molecule has 176 valence electrons. The number of aliphatic hydroxyl groups excluding tert-OH is 1. The van der Waals surface area contributed by atoms with Gasteiger partial charge in [0.2, 0.25) is 0 Å². The molecule has 1 fully saturated rings. The van der Waals surface area contributed by atoms with Crippen LogP contribution >= 0.6 is 11.6 Å². The summed E-state index contributed by atoms with van der Waals surface area (Å²) in [4.78, 5) is 8.79. The van der Waals surface area contributed by atoms with Crippen molar-refractivity contribution in [3.05, 3.63) is 93.8 Å². The molecule has 0 bridgehead atoms. The molecule has 4 rings (SSSR count). The summed E-state index contributed by atoms with van der Waals surface area (Å²) < 4.78 is 0. The van der Waals surface area contributed by atoms with Gasteiger partial charge in [-0.2, -0.15) is 5.26 Å². The molecule has 3 aromatic rings. The predicted octanol–water partition coefficient (Wildman–Crippen LogP) is 4.18. The summed E-state index contributed by atoms with van der Waals surface area (Å²) in [5.41, 5.74) is 4.01. The first kappa shape index (κ1) is 24.2. The normalized spacial score (nSPS) is 18.4. The van der Waals surface area contributed by atoms with Gasteiger partial charge in [0.15, 0.2) is 0 Å². The lowest BCUT2D eigenvalue weighted by Gasteiger charge is -2.45. The lowest BCUT2D eigenvalue weighted by molar-refractivity contribution is 0.00997. The molecule has 1 aliphatic heterocycles. The number of hydrogen-bond acceptors (Lipinski definition) is 6. The Labute approximate surface area is 205 Å². The Morgan fingerprint density at radius 1 is 1.18 bits per heavy atom. The maximum Gasteiger partial charge on any atom is 0.101 e. The number of β-amino-alcohol motifs (C(OH)–C–C–N with tert-alkyl or cyclic N) is 1. The molecule has 6 nitrogen and oxygen atoms in total. The Morgan fingerprint density at radius 3 is 2.65 bits per heavy atom. The van der Waals surface area contributed by atoms with E-state index >= 15 is 0 Å². The summed E-state index contributed by atoms with van der Waals surface area (Å²) in [7, 11) is 0. The number of nitriles is 1. The van der Waals surface area contributed by atoms with E-state index in [1.54, 1.807) is 31.3 Å². The molecule has 0 spiro atoms. The second-order valence-electron chi connectivity index (χ2n) is 9.11. The quantitative estimate of drug-likeness (QED) is 0.555. The number of aryl methyl sites for hydroxylation is 1. The van der Waals surface area contributed by atoms with Crippen molar-refractivity contribution < 1.29 is 10.2 Å². The maximum absolute atomic E-state index is 11.3. The Morgan fingerprint density at radius 2 is 2.00 bits per heavy atom. The maximum atomic E-state index is 11.3. The lowest BCUT2D eigenvalue weighted by Crippen LogP contribution is -2.52. The molecule has 1 aliphatic rings. The summed E-state index contributed by atoms with van der Waals surface area (Å²) in [6, 6.07) is 19.6. The third kappa shape index (κ3) is 5.24.